The number of aliphatic hydroxyl groups is 2. The molecule has 1 amide bonds. The fraction of sp³-hybridized carbons (Fsp3) is 0.902. The summed E-state index contributed by atoms with van der Waals surface area (Å²) in [6.45, 7) is 4.32. The van der Waals surface area contributed by atoms with Crippen LogP contribution in [0.4, 0.5) is 0 Å². The maximum atomic E-state index is 12.4. The molecule has 0 saturated carbocycles. The highest BCUT2D eigenvalue weighted by atomic mass is 16.3. The number of allylic oxidation sites excluding steroid dienone is 3. The highest BCUT2D eigenvalue weighted by molar-refractivity contribution is 5.76. The number of carbonyl (C=O) groups excluding carboxylic acids is 1. The molecule has 55 heavy (non-hydrogen) atoms. The van der Waals surface area contributed by atoms with Crippen molar-refractivity contribution in [2.24, 2.45) is 0 Å². The van der Waals surface area contributed by atoms with Crippen molar-refractivity contribution >= 4 is 5.91 Å². The number of amides is 1. The van der Waals surface area contributed by atoms with Gasteiger partial charge in [0.05, 0.1) is 18.8 Å². The summed E-state index contributed by atoms with van der Waals surface area (Å²) in [5, 5.41) is 23.1. The van der Waals surface area contributed by atoms with E-state index < -0.39 is 12.1 Å². The minimum Gasteiger partial charge on any atom is -0.394 e. The summed E-state index contributed by atoms with van der Waals surface area (Å²) in [7, 11) is 0. The van der Waals surface area contributed by atoms with Crippen LogP contribution in [0.25, 0.3) is 0 Å². The number of hydrogen-bond donors (Lipinski definition) is 3. The number of carbonyl (C=O) groups is 1. The third kappa shape index (κ3) is 43.8. The molecule has 2 atom stereocenters. The lowest BCUT2D eigenvalue weighted by molar-refractivity contribution is -0.123. The van der Waals surface area contributed by atoms with Crippen LogP contribution in [0.5, 0.6) is 0 Å². The predicted octanol–water partition coefficient (Wildman–Crippen LogP) is 16.0. The quantitative estimate of drug-likeness (QED) is 0.0426. The Morgan fingerprint density at radius 1 is 0.418 bits per heavy atom. The topological polar surface area (TPSA) is 69.6 Å². The zero-order chi connectivity index (χ0) is 40.0. The van der Waals surface area contributed by atoms with Crippen LogP contribution in [0.1, 0.15) is 277 Å². The van der Waals surface area contributed by atoms with E-state index in [1.807, 2.05) is 6.08 Å². The third-order valence-corrected chi connectivity index (χ3v) is 11.7. The van der Waals surface area contributed by atoms with Crippen LogP contribution >= 0.6 is 0 Å². The lowest BCUT2D eigenvalue weighted by atomic mass is 10.0. The summed E-state index contributed by atoms with van der Waals surface area (Å²) in [5.41, 5.74) is 0. The molecule has 4 nitrogen and oxygen atoms in total. The Labute approximate surface area is 345 Å². The molecule has 0 fully saturated rings. The van der Waals surface area contributed by atoms with E-state index in [9.17, 15) is 15.0 Å². The van der Waals surface area contributed by atoms with Crippen molar-refractivity contribution in [1.29, 1.82) is 0 Å². The number of rotatable bonds is 46. The van der Waals surface area contributed by atoms with Gasteiger partial charge in [-0.15, -0.1) is 0 Å². The molecule has 4 heteroatoms. The summed E-state index contributed by atoms with van der Waals surface area (Å²) in [5.74, 6) is -0.0699. The molecule has 0 aliphatic carbocycles. The third-order valence-electron chi connectivity index (χ3n) is 11.7. The van der Waals surface area contributed by atoms with Crippen molar-refractivity contribution in [3.63, 3.8) is 0 Å². The molecular formula is C51H99NO3. The van der Waals surface area contributed by atoms with Gasteiger partial charge in [-0.05, 0) is 44.9 Å². The van der Waals surface area contributed by atoms with Crippen LogP contribution in [0, 0.1) is 0 Å². The highest BCUT2D eigenvalue weighted by Crippen LogP contribution is 2.17. The maximum absolute atomic E-state index is 12.4. The molecule has 2 unspecified atom stereocenters. The highest BCUT2D eigenvalue weighted by Gasteiger charge is 2.18. The van der Waals surface area contributed by atoms with Crippen LogP contribution in [0.15, 0.2) is 24.3 Å². The first kappa shape index (κ1) is 53.9. The van der Waals surface area contributed by atoms with Gasteiger partial charge in [0.25, 0.3) is 0 Å². The van der Waals surface area contributed by atoms with Crippen LogP contribution in [-0.2, 0) is 4.79 Å². The fourth-order valence-electron chi connectivity index (χ4n) is 7.82. The number of unbranched alkanes of at least 4 members (excludes halogenated alkanes) is 37. The number of aliphatic hydroxyl groups excluding tert-OH is 2. The molecule has 0 aliphatic heterocycles. The van der Waals surface area contributed by atoms with E-state index in [4.69, 9.17) is 0 Å². The monoisotopic (exact) mass is 774 g/mol. The second kappa shape index (κ2) is 47.2. The van der Waals surface area contributed by atoms with Crippen LogP contribution in [0.3, 0.4) is 0 Å². The number of hydrogen-bond acceptors (Lipinski definition) is 3. The molecule has 0 rings (SSSR count). The van der Waals surface area contributed by atoms with Gasteiger partial charge >= 0.3 is 0 Å². The van der Waals surface area contributed by atoms with E-state index in [2.05, 4.69) is 31.3 Å². The molecule has 0 spiro atoms. The molecule has 0 aromatic carbocycles. The van der Waals surface area contributed by atoms with Crippen LogP contribution in [-0.4, -0.2) is 34.9 Å². The molecule has 326 valence electrons. The molecular weight excluding hydrogens is 675 g/mol. The van der Waals surface area contributed by atoms with Crippen molar-refractivity contribution in [3.8, 4) is 0 Å². The summed E-state index contributed by atoms with van der Waals surface area (Å²) in [6.07, 6.45) is 61.7. The normalized spacial score (nSPS) is 13.0. The Morgan fingerprint density at radius 3 is 1.00 bits per heavy atom. The van der Waals surface area contributed by atoms with Gasteiger partial charge in [0, 0.05) is 6.42 Å². The van der Waals surface area contributed by atoms with E-state index >= 15 is 0 Å². The van der Waals surface area contributed by atoms with Crippen molar-refractivity contribution in [3.05, 3.63) is 24.3 Å². The molecule has 0 radical (unpaired) electrons. The summed E-state index contributed by atoms with van der Waals surface area (Å²) >= 11 is 0. The number of nitrogens with one attached hydrogen (secondary N) is 1. The van der Waals surface area contributed by atoms with Gasteiger partial charge in [-0.2, -0.15) is 0 Å². The minimum absolute atomic E-state index is 0.0699. The first-order valence-electron chi connectivity index (χ1n) is 25.1. The van der Waals surface area contributed by atoms with Gasteiger partial charge in [0.2, 0.25) is 5.91 Å². The minimum atomic E-state index is -0.841. The Bertz CT molecular complexity index is 795. The van der Waals surface area contributed by atoms with Gasteiger partial charge in [-0.3, -0.25) is 4.79 Å². The van der Waals surface area contributed by atoms with Gasteiger partial charge < -0.3 is 15.5 Å². The van der Waals surface area contributed by atoms with E-state index in [1.54, 1.807) is 6.08 Å². The first-order chi connectivity index (χ1) is 27.2. The van der Waals surface area contributed by atoms with E-state index in [0.717, 1.165) is 32.1 Å². The lowest BCUT2D eigenvalue weighted by Gasteiger charge is -2.20. The van der Waals surface area contributed by atoms with Crippen molar-refractivity contribution in [2.45, 2.75) is 289 Å². The molecule has 3 N–H and O–H groups in total. The first-order valence-corrected chi connectivity index (χ1v) is 25.1. The summed E-state index contributed by atoms with van der Waals surface area (Å²) < 4.78 is 0. The Morgan fingerprint density at radius 2 is 0.691 bits per heavy atom. The molecule has 0 aromatic rings. The van der Waals surface area contributed by atoms with E-state index in [-0.39, 0.29) is 12.5 Å². The molecule has 0 heterocycles. The fourth-order valence-corrected chi connectivity index (χ4v) is 7.82. The lowest BCUT2D eigenvalue weighted by Crippen LogP contribution is -2.45. The van der Waals surface area contributed by atoms with E-state index in [0.29, 0.717) is 6.42 Å². The smallest absolute Gasteiger partial charge is 0.220 e. The summed E-state index contributed by atoms with van der Waals surface area (Å²) in [6, 6.07) is -0.624. The Hall–Kier alpha value is -1.13. The van der Waals surface area contributed by atoms with Crippen LogP contribution < -0.4 is 5.32 Å². The standard InChI is InChI=1S/C51H99NO3/c1-3-5-7-9-11-13-15-17-19-20-21-22-23-24-25-26-27-28-29-30-31-33-34-36-38-40-42-44-46-50(54)49(48-53)52-51(55)47-45-43-41-39-37-35-32-18-16-14-12-10-8-6-4-2/h18,32,44,46,49-50,53-54H,3-17,19-31,33-43,45,47-48H2,1-2H3,(H,52,55)/b32-18-,46-44+. The summed E-state index contributed by atoms with van der Waals surface area (Å²) in [4.78, 5) is 12.4. The zero-order valence-electron chi connectivity index (χ0n) is 37.5. The Balaban J connectivity index is 3.48. The van der Waals surface area contributed by atoms with Gasteiger partial charge in [-0.1, -0.05) is 250 Å². The average Bonchev–Trinajstić information content (AvgIpc) is 3.19. The zero-order valence-corrected chi connectivity index (χ0v) is 37.5. The van der Waals surface area contributed by atoms with Gasteiger partial charge in [0.1, 0.15) is 0 Å². The average molecular weight is 774 g/mol. The van der Waals surface area contributed by atoms with Crippen molar-refractivity contribution in [1.82, 2.24) is 5.32 Å². The second-order valence-electron chi connectivity index (χ2n) is 17.2. The molecule has 0 aromatic heterocycles. The van der Waals surface area contributed by atoms with E-state index in [1.165, 1.54) is 225 Å². The van der Waals surface area contributed by atoms with Crippen molar-refractivity contribution in [2.75, 3.05) is 6.61 Å². The maximum Gasteiger partial charge on any atom is 0.220 e. The van der Waals surface area contributed by atoms with Gasteiger partial charge in [-0.25, -0.2) is 0 Å². The molecule has 0 bridgehead atoms. The Kier molecular flexibility index (Phi) is 46.3. The van der Waals surface area contributed by atoms with Crippen LogP contribution in [0.2, 0.25) is 0 Å². The predicted molar refractivity (Wildman–Crippen MR) is 244 cm³/mol. The largest absolute Gasteiger partial charge is 0.394 e. The SMILES string of the molecule is CCCCCCCC/C=C\CCCCCCCC(=O)NC(CO)C(O)/C=C/CCCCCCCCCCCCCCCCCCCCCCCCCCCC. The second-order valence-corrected chi connectivity index (χ2v) is 17.2. The van der Waals surface area contributed by atoms with Gasteiger partial charge in [0.15, 0.2) is 0 Å². The molecule has 0 saturated heterocycles. The van der Waals surface area contributed by atoms with Crippen molar-refractivity contribution < 1.29 is 15.0 Å². The molecule has 0 aliphatic rings.